The van der Waals surface area contributed by atoms with E-state index >= 15 is 0 Å². The molecule has 4 atom stereocenters. The van der Waals surface area contributed by atoms with E-state index in [4.69, 9.17) is 5.73 Å². The molecule has 0 bridgehead atoms. The van der Waals surface area contributed by atoms with Gasteiger partial charge in [-0.1, -0.05) is 33.1 Å². The SMILES string of the molecule is CC(C)[C@H](NC(=O)[C@@H](N)Cc1cnc[nH]1)C(=O)NC[C@H](O)CP(=O)(O)CC1CCCCC1. The van der Waals surface area contributed by atoms with Gasteiger partial charge in [0.2, 0.25) is 19.2 Å². The molecule has 2 amide bonds. The predicted octanol–water partition coefficient (Wildman–Crippen LogP) is 0.748. The Balaban J connectivity index is 1.80. The minimum atomic E-state index is -3.48. The number of aliphatic hydroxyl groups is 1. The van der Waals surface area contributed by atoms with Gasteiger partial charge in [0.25, 0.3) is 0 Å². The molecule has 1 unspecified atom stereocenters. The number of nitrogens with one attached hydrogen (secondary N) is 3. The van der Waals surface area contributed by atoms with Crippen LogP contribution in [-0.2, 0) is 20.6 Å². The molecule has 11 heteroatoms. The average Bonchev–Trinajstić information content (AvgIpc) is 3.22. The largest absolute Gasteiger partial charge is 0.391 e. The van der Waals surface area contributed by atoms with Crippen molar-refractivity contribution in [3.05, 3.63) is 18.2 Å². The highest BCUT2D eigenvalue weighted by atomic mass is 31.2. The van der Waals surface area contributed by atoms with E-state index in [0.717, 1.165) is 25.7 Å². The molecule has 0 aliphatic heterocycles. The lowest BCUT2D eigenvalue weighted by Crippen LogP contribution is -2.55. The molecule has 0 radical (unpaired) electrons. The first-order chi connectivity index (χ1) is 15.1. The number of nitrogens with zero attached hydrogens (tertiary/aromatic N) is 1. The molecule has 32 heavy (non-hydrogen) atoms. The summed E-state index contributed by atoms with van der Waals surface area (Å²) in [5.41, 5.74) is 6.65. The van der Waals surface area contributed by atoms with Gasteiger partial charge in [-0.2, -0.15) is 0 Å². The Morgan fingerprint density at radius 3 is 2.56 bits per heavy atom. The van der Waals surface area contributed by atoms with Crippen molar-refractivity contribution in [1.29, 1.82) is 0 Å². The van der Waals surface area contributed by atoms with E-state index in [-0.39, 0.29) is 37.1 Å². The molecule has 10 nitrogen and oxygen atoms in total. The van der Waals surface area contributed by atoms with Crippen LogP contribution in [0, 0.1) is 11.8 Å². The van der Waals surface area contributed by atoms with Crippen LogP contribution in [0.4, 0.5) is 0 Å². The van der Waals surface area contributed by atoms with E-state index in [1.165, 1.54) is 12.7 Å². The third-order valence-corrected chi connectivity index (χ3v) is 7.93. The Hall–Kier alpha value is -1.74. The van der Waals surface area contributed by atoms with Gasteiger partial charge in [0.1, 0.15) is 6.04 Å². The second-order valence-corrected chi connectivity index (χ2v) is 11.7. The molecule has 1 aromatic rings. The van der Waals surface area contributed by atoms with Crippen LogP contribution in [0.2, 0.25) is 0 Å². The minimum Gasteiger partial charge on any atom is -0.391 e. The molecule has 1 saturated carbocycles. The topological polar surface area (TPSA) is 170 Å². The Bertz CT molecular complexity index is 767. The Morgan fingerprint density at radius 2 is 1.97 bits per heavy atom. The number of hydrogen-bond donors (Lipinski definition) is 6. The number of amides is 2. The lowest BCUT2D eigenvalue weighted by Gasteiger charge is -2.26. The number of rotatable bonds is 12. The van der Waals surface area contributed by atoms with Gasteiger partial charge in [-0.15, -0.1) is 0 Å². The number of H-pyrrole nitrogens is 1. The van der Waals surface area contributed by atoms with Crippen molar-refractivity contribution in [3.8, 4) is 0 Å². The first-order valence-electron chi connectivity index (χ1n) is 11.4. The van der Waals surface area contributed by atoms with Crippen molar-refractivity contribution >= 4 is 19.2 Å². The van der Waals surface area contributed by atoms with E-state index in [2.05, 4.69) is 20.6 Å². The number of carbonyl (C=O) groups is 2. The maximum absolute atomic E-state index is 12.6. The molecule has 0 saturated heterocycles. The minimum absolute atomic E-state index is 0.159. The Kier molecular flexibility index (Phi) is 10.3. The standard InChI is InChI=1S/C21H38N5O5P/c1-14(2)19(26-20(28)18(22)8-16-9-23-13-25-16)21(29)24-10-17(27)12-32(30,31)11-15-6-4-3-5-7-15/h9,13-15,17-19,27H,3-8,10-12,22H2,1-2H3,(H,23,25)(H,24,29)(H,26,28)(H,30,31)/t17-,18-,19-/m0/s1. The van der Waals surface area contributed by atoms with Crippen LogP contribution in [-0.4, -0.2) is 68.8 Å². The number of carbonyl (C=O) groups excluding carboxylic acids is 2. The van der Waals surface area contributed by atoms with E-state index in [1.54, 1.807) is 20.0 Å². The van der Waals surface area contributed by atoms with Crippen molar-refractivity contribution in [2.24, 2.45) is 17.6 Å². The zero-order valence-electron chi connectivity index (χ0n) is 19.0. The molecule has 1 heterocycles. The van der Waals surface area contributed by atoms with Gasteiger partial charge in [-0.3, -0.25) is 14.2 Å². The van der Waals surface area contributed by atoms with Crippen LogP contribution in [0.25, 0.3) is 0 Å². The van der Waals surface area contributed by atoms with Gasteiger partial charge < -0.3 is 31.4 Å². The van der Waals surface area contributed by atoms with Gasteiger partial charge in [0.05, 0.1) is 24.6 Å². The molecule has 7 N–H and O–H groups in total. The lowest BCUT2D eigenvalue weighted by atomic mass is 9.91. The molecule has 1 aliphatic rings. The average molecular weight is 472 g/mol. The number of aromatic nitrogens is 2. The van der Waals surface area contributed by atoms with Gasteiger partial charge in [-0.25, -0.2) is 4.98 Å². The van der Waals surface area contributed by atoms with Crippen molar-refractivity contribution in [2.75, 3.05) is 18.9 Å². The highest BCUT2D eigenvalue weighted by Gasteiger charge is 2.30. The number of aliphatic hydroxyl groups excluding tert-OH is 1. The van der Waals surface area contributed by atoms with Gasteiger partial charge >= 0.3 is 0 Å². The third-order valence-electron chi connectivity index (χ3n) is 5.85. The molecular weight excluding hydrogens is 433 g/mol. The third kappa shape index (κ3) is 9.02. The summed E-state index contributed by atoms with van der Waals surface area (Å²) in [5, 5.41) is 15.5. The second-order valence-electron chi connectivity index (χ2n) is 9.23. The monoisotopic (exact) mass is 471 g/mol. The normalized spacial score (nSPS) is 19.7. The smallest absolute Gasteiger partial charge is 0.242 e. The molecule has 0 spiro atoms. The highest BCUT2D eigenvalue weighted by Crippen LogP contribution is 2.45. The van der Waals surface area contributed by atoms with Gasteiger partial charge in [0, 0.05) is 31.0 Å². The number of imidazole rings is 1. The second kappa shape index (κ2) is 12.5. The molecule has 1 aromatic heterocycles. The summed E-state index contributed by atoms with van der Waals surface area (Å²) in [7, 11) is -3.48. The van der Waals surface area contributed by atoms with E-state index in [9.17, 15) is 24.2 Å². The summed E-state index contributed by atoms with van der Waals surface area (Å²) in [4.78, 5) is 42.1. The predicted molar refractivity (Wildman–Crippen MR) is 122 cm³/mol. The molecule has 0 aromatic carbocycles. The van der Waals surface area contributed by atoms with Gasteiger partial charge in [0.15, 0.2) is 0 Å². The first kappa shape index (κ1) is 26.5. The van der Waals surface area contributed by atoms with Crippen LogP contribution < -0.4 is 16.4 Å². The number of nitrogens with two attached hydrogens (primary N) is 1. The Morgan fingerprint density at radius 1 is 1.28 bits per heavy atom. The summed E-state index contributed by atoms with van der Waals surface area (Å²) < 4.78 is 12.5. The summed E-state index contributed by atoms with van der Waals surface area (Å²) >= 11 is 0. The summed E-state index contributed by atoms with van der Waals surface area (Å²) in [6.45, 7) is 3.41. The highest BCUT2D eigenvalue weighted by molar-refractivity contribution is 7.58. The van der Waals surface area contributed by atoms with Crippen LogP contribution in [0.5, 0.6) is 0 Å². The maximum Gasteiger partial charge on any atom is 0.242 e. The van der Waals surface area contributed by atoms with E-state index in [0.29, 0.717) is 5.69 Å². The zero-order valence-corrected chi connectivity index (χ0v) is 19.9. The quantitative estimate of drug-likeness (QED) is 0.244. The van der Waals surface area contributed by atoms with Gasteiger partial charge in [-0.05, 0) is 24.7 Å². The molecule has 182 valence electrons. The lowest BCUT2D eigenvalue weighted by molar-refractivity contribution is -0.130. The summed E-state index contributed by atoms with van der Waals surface area (Å²) in [6, 6.07) is -1.69. The number of hydrogen-bond acceptors (Lipinski definition) is 6. The fourth-order valence-electron chi connectivity index (χ4n) is 4.09. The zero-order chi connectivity index (χ0) is 23.7. The van der Waals surface area contributed by atoms with E-state index in [1.807, 2.05) is 0 Å². The fourth-order valence-corrected chi connectivity index (χ4v) is 6.20. The van der Waals surface area contributed by atoms with Crippen LogP contribution >= 0.6 is 7.37 Å². The van der Waals surface area contributed by atoms with Crippen molar-refractivity contribution in [2.45, 2.75) is 70.6 Å². The number of aromatic amines is 1. The summed E-state index contributed by atoms with van der Waals surface area (Å²) in [5.74, 6) is -0.930. The molecule has 2 rings (SSSR count). The molecule has 1 aliphatic carbocycles. The van der Waals surface area contributed by atoms with Crippen molar-refractivity contribution in [3.63, 3.8) is 0 Å². The first-order valence-corrected chi connectivity index (χ1v) is 13.4. The van der Waals surface area contributed by atoms with Crippen LogP contribution in [0.3, 0.4) is 0 Å². The molecule has 1 fully saturated rings. The van der Waals surface area contributed by atoms with Crippen LogP contribution in [0.1, 0.15) is 51.6 Å². The Labute approximate surface area is 189 Å². The van der Waals surface area contributed by atoms with E-state index < -0.39 is 37.4 Å². The van der Waals surface area contributed by atoms with Crippen molar-refractivity contribution < 1.29 is 24.2 Å². The fraction of sp³-hybridized carbons (Fsp3) is 0.762. The van der Waals surface area contributed by atoms with Crippen LogP contribution in [0.15, 0.2) is 12.5 Å². The summed E-state index contributed by atoms with van der Waals surface area (Å²) in [6.07, 6.45) is 7.40. The maximum atomic E-state index is 12.6. The molecular formula is C21H38N5O5P. The van der Waals surface area contributed by atoms with Crippen molar-refractivity contribution in [1.82, 2.24) is 20.6 Å².